The lowest BCUT2D eigenvalue weighted by Crippen LogP contribution is -2.27. The molecule has 2 N–H and O–H groups in total. The van der Waals surface area contributed by atoms with Gasteiger partial charge in [0.2, 0.25) is 0 Å². The maximum absolute atomic E-state index is 14.5. The summed E-state index contributed by atoms with van der Waals surface area (Å²) >= 11 is 0. The minimum atomic E-state index is -0.500. The summed E-state index contributed by atoms with van der Waals surface area (Å²) in [4.78, 5) is 17.7. The van der Waals surface area contributed by atoms with E-state index in [0.717, 1.165) is 18.6 Å². The number of carbonyl (C=O) groups excluding carboxylic acids is 1. The summed E-state index contributed by atoms with van der Waals surface area (Å²) in [6.45, 7) is 6.16. The average Bonchev–Trinajstić information content (AvgIpc) is 3.37. The standard InChI is InChI=1S/C19H22FN3O2/c1-3-18(13-4-5-13)22-10-12(2)16-7-6-14(8-17(16)20)23-11-15(9-21)25-19(23)24/h3,6-8,10,13,15H,1,4-5,9,11,21H2,2H3/b12-10+,22-18+/t15-/m0/s1. The van der Waals surface area contributed by atoms with Gasteiger partial charge in [0, 0.05) is 29.9 Å². The molecule has 25 heavy (non-hydrogen) atoms. The summed E-state index contributed by atoms with van der Waals surface area (Å²) in [5.41, 5.74) is 8.10. The van der Waals surface area contributed by atoms with Gasteiger partial charge in [-0.2, -0.15) is 0 Å². The van der Waals surface area contributed by atoms with Crippen molar-refractivity contribution in [1.29, 1.82) is 0 Å². The number of carbonyl (C=O) groups is 1. The number of halogens is 1. The Hall–Kier alpha value is -2.47. The molecule has 1 amide bonds. The van der Waals surface area contributed by atoms with Crippen LogP contribution in [0, 0.1) is 11.7 Å². The zero-order chi connectivity index (χ0) is 18.0. The lowest BCUT2D eigenvalue weighted by atomic mass is 10.1. The van der Waals surface area contributed by atoms with E-state index in [0.29, 0.717) is 29.3 Å². The van der Waals surface area contributed by atoms with Crippen molar-refractivity contribution < 1.29 is 13.9 Å². The first-order valence-electron chi connectivity index (χ1n) is 8.38. The number of cyclic esters (lactones) is 1. The fourth-order valence-corrected chi connectivity index (χ4v) is 2.79. The third-order valence-corrected chi connectivity index (χ3v) is 4.44. The van der Waals surface area contributed by atoms with Crippen molar-refractivity contribution in [3.05, 3.63) is 48.4 Å². The Kier molecular flexibility index (Phi) is 4.99. The van der Waals surface area contributed by atoms with Crippen LogP contribution in [0.2, 0.25) is 0 Å². The van der Waals surface area contributed by atoms with Crippen LogP contribution in [0.3, 0.4) is 0 Å². The zero-order valence-corrected chi connectivity index (χ0v) is 14.2. The Morgan fingerprint density at radius 2 is 2.28 bits per heavy atom. The molecule has 1 aliphatic heterocycles. The molecule has 0 radical (unpaired) electrons. The molecule has 5 nitrogen and oxygen atoms in total. The second-order valence-electron chi connectivity index (χ2n) is 6.36. The first kappa shape index (κ1) is 17.4. The SMILES string of the molecule is C=C/C(=N\C=C(/C)c1ccc(N2C[C@H](CN)OC2=O)cc1F)C1CC1. The third kappa shape index (κ3) is 3.79. The Morgan fingerprint density at radius 1 is 1.52 bits per heavy atom. The topological polar surface area (TPSA) is 67.9 Å². The lowest BCUT2D eigenvalue weighted by Gasteiger charge is -2.14. The Balaban J connectivity index is 1.80. The van der Waals surface area contributed by atoms with Crippen LogP contribution >= 0.6 is 0 Å². The van der Waals surface area contributed by atoms with Crippen molar-refractivity contribution >= 4 is 23.1 Å². The van der Waals surface area contributed by atoms with Gasteiger partial charge in [-0.05, 0) is 49.6 Å². The molecule has 1 saturated heterocycles. The van der Waals surface area contributed by atoms with Crippen LogP contribution in [0.1, 0.15) is 25.3 Å². The average molecular weight is 343 g/mol. The highest BCUT2D eigenvalue weighted by molar-refractivity contribution is 5.98. The highest BCUT2D eigenvalue weighted by Crippen LogP contribution is 2.31. The molecule has 3 rings (SSSR count). The highest BCUT2D eigenvalue weighted by atomic mass is 19.1. The van der Waals surface area contributed by atoms with Crippen molar-refractivity contribution in [3.8, 4) is 0 Å². The third-order valence-electron chi connectivity index (χ3n) is 4.44. The molecule has 2 fully saturated rings. The van der Waals surface area contributed by atoms with E-state index in [1.807, 2.05) is 6.92 Å². The summed E-state index contributed by atoms with van der Waals surface area (Å²) in [5.74, 6) is 0.0856. The Labute approximate surface area is 146 Å². The number of rotatable bonds is 6. The van der Waals surface area contributed by atoms with Crippen molar-refractivity contribution in [2.24, 2.45) is 16.6 Å². The first-order valence-corrected chi connectivity index (χ1v) is 8.38. The first-order chi connectivity index (χ1) is 12.0. The van der Waals surface area contributed by atoms with Crippen molar-refractivity contribution in [1.82, 2.24) is 0 Å². The van der Waals surface area contributed by atoms with Crippen molar-refractivity contribution in [2.45, 2.75) is 25.9 Å². The number of amides is 1. The predicted molar refractivity (Wildman–Crippen MR) is 97.1 cm³/mol. The number of allylic oxidation sites excluding steroid dienone is 2. The van der Waals surface area contributed by atoms with Gasteiger partial charge in [0.1, 0.15) is 11.9 Å². The van der Waals surface area contributed by atoms with Gasteiger partial charge in [0.05, 0.1) is 12.2 Å². The summed E-state index contributed by atoms with van der Waals surface area (Å²) in [6, 6.07) is 4.69. The van der Waals surface area contributed by atoms with Gasteiger partial charge < -0.3 is 10.5 Å². The van der Waals surface area contributed by atoms with Crippen LogP contribution in [0.15, 0.2) is 42.0 Å². The van der Waals surface area contributed by atoms with Crippen LogP contribution in [-0.2, 0) is 4.74 Å². The van der Waals surface area contributed by atoms with Crippen LogP contribution in [0.4, 0.5) is 14.9 Å². The number of aliphatic imine (C=N–C) groups is 1. The van der Waals surface area contributed by atoms with E-state index in [1.54, 1.807) is 24.4 Å². The van der Waals surface area contributed by atoms with Crippen LogP contribution in [0.25, 0.3) is 5.57 Å². The zero-order valence-electron chi connectivity index (χ0n) is 14.2. The largest absolute Gasteiger partial charge is 0.443 e. The minimum absolute atomic E-state index is 0.245. The molecular weight excluding hydrogens is 321 g/mol. The fourth-order valence-electron chi connectivity index (χ4n) is 2.79. The molecule has 132 valence electrons. The lowest BCUT2D eigenvalue weighted by molar-refractivity contribution is 0.145. The molecule has 1 aromatic rings. The summed E-state index contributed by atoms with van der Waals surface area (Å²) in [5, 5.41) is 0. The van der Waals surface area contributed by atoms with Gasteiger partial charge in [0.15, 0.2) is 0 Å². The fraction of sp³-hybridized carbons (Fsp3) is 0.368. The molecule has 0 aromatic heterocycles. The van der Waals surface area contributed by atoms with Crippen molar-refractivity contribution in [3.63, 3.8) is 0 Å². The second kappa shape index (κ2) is 7.19. The molecule has 0 bridgehead atoms. The van der Waals surface area contributed by atoms with Crippen LogP contribution in [-0.4, -0.2) is 31.0 Å². The second-order valence-corrected chi connectivity index (χ2v) is 6.36. The normalized spacial score (nSPS) is 21.5. The summed E-state index contributed by atoms with van der Waals surface area (Å²) in [7, 11) is 0. The van der Waals surface area contributed by atoms with E-state index < -0.39 is 11.9 Å². The molecule has 1 aromatic carbocycles. The van der Waals surface area contributed by atoms with Gasteiger partial charge in [-0.1, -0.05) is 6.58 Å². The molecule has 2 aliphatic rings. The van der Waals surface area contributed by atoms with E-state index >= 15 is 0 Å². The van der Waals surface area contributed by atoms with Crippen LogP contribution < -0.4 is 10.6 Å². The molecule has 1 aliphatic carbocycles. The highest BCUT2D eigenvalue weighted by Gasteiger charge is 2.31. The molecule has 1 atom stereocenters. The minimum Gasteiger partial charge on any atom is -0.443 e. The van der Waals surface area contributed by atoms with E-state index in [9.17, 15) is 9.18 Å². The quantitative estimate of drug-likeness (QED) is 0.804. The molecule has 6 heteroatoms. The summed E-state index contributed by atoms with van der Waals surface area (Å²) in [6.07, 6.45) is 4.84. The van der Waals surface area contributed by atoms with Gasteiger partial charge in [-0.25, -0.2) is 9.18 Å². The number of ether oxygens (including phenoxy) is 1. The Bertz CT molecular complexity index is 753. The monoisotopic (exact) mass is 343 g/mol. The summed E-state index contributed by atoms with van der Waals surface area (Å²) < 4.78 is 19.6. The molecule has 0 spiro atoms. The van der Waals surface area contributed by atoms with Gasteiger partial charge in [-0.15, -0.1) is 0 Å². The van der Waals surface area contributed by atoms with Gasteiger partial charge in [0.25, 0.3) is 0 Å². The number of nitrogens with two attached hydrogens (primary N) is 1. The van der Waals surface area contributed by atoms with Crippen molar-refractivity contribution in [2.75, 3.05) is 18.0 Å². The number of anilines is 1. The van der Waals surface area contributed by atoms with Gasteiger partial charge >= 0.3 is 6.09 Å². The van der Waals surface area contributed by atoms with Crippen LogP contribution in [0.5, 0.6) is 0 Å². The van der Waals surface area contributed by atoms with E-state index in [4.69, 9.17) is 10.5 Å². The molecule has 1 heterocycles. The van der Waals surface area contributed by atoms with E-state index in [-0.39, 0.29) is 12.6 Å². The number of hydrogen-bond acceptors (Lipinski definition) is 4. The van der Waals surface area contributed by atoms with E-state index in [1.165, 1.54) is 11.0 Å². The maximum atomic E-state index is 14.5. The number of benzene rings is 1. The molecular formula is C19H22FN3O2. The molecule has 0 unspecified atom stereocenters. The Morgan fingerprint density at radius 3 is 2.84 bits per heavy atom. The number of hydrogen-bond donors (Lipinski definition) is 1. The predicted octanol–water partition coefficient (Wildman–Crippen LogP) is 3.51. The smallest absolute Gasteiger partial charge is 0.414 e. The molecule has 1 saturated carbocycles. The number of nitrogens with zero attached hydrogens (tertiary/aromatic N) is 2. The maximum Gasteiger partial charge on any atom is 0.414 e. The van der Waals surface area contributed by atoms with E-state index in [2.05, 4.69) is 11.6 Å². The van der Waals surface area contributed by atoms with Gasteiger partial charge in [-0.3, -0.25) is 9.89 Å².